The summed E-state index contributed by atoms with van der Waals surface area (Å²) in [4.78, 5) is 0. The van der Waals surface area contributed by atoms with Crippen molar-refractivity contribution in [1.29, 1.82) is 0 Å². The van der Waals surface area contributed by atoms with Gasteiger partial charge < -0.3 is 0 Å². The van der Waals surface area contributed by atoms with Crippen LogP contribution in [0.2, 0.25) is 0 Å². The summed E-state index contributed by atoms with van der Waals surface area (Å²) in [7, 11) is 0. The maximum Gasteiger partial charge on any atom is 0.450 e. The average Bonchev–Trinajstić information content (AvgIpc) is 1.64. The van der Waals surface area contributed by atoms with Gasteiger partial charge in [-0.05, 0) is 6.92 Å². The predicted octanol–water partition coefficient (Wildman–Crippen LogP) is 2.79. The third kappa shape index (κ3) is 10.5. The van der Waals surface area contributed by atoms with E-state index in [1.54, 1.807) is 0 Å². The SMILES string of the molecule is CCF.FC(F)C(F)(F)F. The second kappa shape index (κ2) is 5.37. The second-order valence-electron chi connectivity index (χ2n) is 1.11. The molecule has 0 N–H and O–H groups in total. The van der Waals surface area contributed by atoms with Crippen LogP contribution in [0.1, 0.15) is 6.92 Å². The Morgan fingerprint density at radius 1 is 1.20 bits per heavy atom. The Kier molecular flexibility index (Phi) is 6.59. The Morgan fingerprint density at radius 3 is 1.30 bits per heavy atom. The summed E-state index contributed by atoms with van der Waals surface area (Å²) in [5.41, 5.74) is 0. The lowest BCUT2D eigenvalue weighted by atomic mass is 10.7. The molecule has 0 saturated carbocycles. The van der Waals surface area contributed by atoms with Gasteiger partial charge in [0, 0.05) is 0 Å². The lowest BCUT2D eigenvalue weighted by Crippen LogP contribution is -2.18. The molecule has 0 nitrogen and oxygen atoms in total. The van der Waals surface area contributed by atoms with Crippen LogP contribution in [0.4, 0.5) is 26.3 Å². The number of hydrogen-bond acceptors (Lipinski definition) is 0. The molecule has 0 unspecified atom stereocenters. The van der Waals surface area contributed by atoms with Crippen LogP contribution < -0.4 is 0 Å². The third-order valence-electron chi connectivity index (χ3n) is 0.247. The van der Waals surface area contributed by atoms with Gasteiger partial charge in [-0.25, -0.2) is 8.78 Å². The molecule has 6 heteroatoms. The minimum Gasteiger partial charge on any atom is -0.251 e. The molecule has 0 aliphatic rings. The quantitative estimate of drug-likeness (QED) is 0.488. The normalized spacial score (nSPS) is 10.8. The molecule has 0 aromatic carbocycles. The molecule has 0 heterocycles. The molecule has 0 spiro atoms. The van der Waals surface area contributed by atoms with Gasteiger partial charge in [0.2, 0.25) is 0 Å². The van der Waals surface area contributed by atoms with Crippen molar-refractivity contribution in [3.63, 3.8) is 0 Å². The molecule has 0 atom stereocenters. The van der Waals surface area contributed by atoms with Crippen LogP contribution in [0.5, 0.6) is 0 Å². The summed E-state index contributed by atoms with van der Waals surface area (Å²) in [6.45, 7) is 1.21. The Bertz CT molecular complexity index is 64.6. The summed E-state index contributed by atoms with van der Waals surface area (Å²) in [5.74, 6) is 0. The van der Waals surface area contributed by atoms with Gasteiger partial charge in [-0.1, -0.05) is 0 Å². The lowest BCUT2D eigenvalue weighted by Gasteiger charge is -2.00. The van der Waals surface area contributed by atoms with Crippen LogP contribution >= 0.6 is 0 Å². The van der Waals surface area contributed by atoms with Gasteiger partial charge in [0.05, 0.1) is 6.67 Å². The molecule has 0 rings (SSSR count). The van der Waals surface area contributed by atoms with E-state index in [-0.39, 0.29) is 6.67 Å². The maximum absolute atomic E-state index is 10.4. The highest BCUT2D eigenvalue weighted by Crippen LogP contribution is 2.22. The lowest BCUT2D eigenvalue weighted by molar-refractivity contribution is -0.219. The summed E-state index contributed by atoms with van der Waals surface area (Å²) >= 11 is 0. The average molecular weight is 168 g/mol. The van der Waals surface area contributed by atoms with Gasteiger partial charge in [0.25, 0.3) is 0 Å². The zero-order valence-electron chi connectivity index (χ0n) is 5.05. The van der Waals surface area contributed by atoms with Crippen molar-refractivity contribution >= 4 is 0 Å². The van der Waals surface area contributed by atoms with Gasteiger partial charge in [0.15, 0.2) is 0 Å². The van der Waals surface area contributed by atoms with Crippen molar-refractivity contribution in [2.24, 2.45) is 0 Å². The van der Waals surface area contributed by atoms with E-state index in [2.05, 4.69) is 0 Å². The van der Waals surface area contributed by atoms with E-state index >= 15 is 0 Å². The number of hydrogen-bond donors (Lipinski definition) is 0. The monoisotopic (exact) mass is 168 g/mol. The zero-order valence-corrected chi connectivity index (χ0v) is 5.05. The zero-order chi connectivity index (χ0) is 8.78. The first kappa shape index (κ1) is 12.3. The molecule has 0 aliphatic heterocycles. The van der Waals surface area contributed by atoms with E-state index in [9.17, 15) is 26.3 Å². The fourth-order valence-corrected chi connectivity index (χ4v) is 0. The third-order valence-corrected chi connectivity index (χ3v) is 0.247. The summed E-state index contributed by atoms with van der Waals surface area (Å²) in [6.07, 6.45) is -9.53. The van der Waals surface area contributed by atoms with Crippen molar-refractivity contribution in [3.8, 4) is 0 Å². The number of alkyl halides is 6. The van der Waals surface area contributed by atoms with E-state index in [1.807, 2.05) is 0 Å². The molecule has 0 fully saturated rings. The second-order valence-corrected chi connectivity index (χ2v) is 1.11. The standard InChI is InChI=1S/C2HF5.C2H5F/c3-1(4)2(5,6)7;1-2-3/h1H;2H2,1H3. The topological polar surface area (TPSA) is 0 Å². The van der Waals surface area contributed by atoms with Crippen molar-refractivity contribution < 1.29 is 26.3 Å². The first-order valence-electron chi connectivity index (χ1n) is 2.27. The van der Waals surface area contributed by atoms with E-state index < -0.39 is 12.6 Å². The molecule has 0 radical (unpaired) electrons. The van der Waals surface area contributed by atoms with Crippen molar-refractivity contribution in [2.45, 2.75) is 19.5 Å². The summed E-state index contributed by atoms with van der Waals surface area (Å²) in [6, 6.07) is 0. The van der Waals surface area contributed by atoms with E-state index in [0.29, 0.717) is 0 Å². The first-order valence-corrected chi connectivity index (χ1v) is 2.27. The van der Waals surface area contributed by atoms with Crippen LogP contribution in [0.3, 0.4) is 0 Å². The fraction of sp³-hybridized carbons (Fsp3) is 1.00. The Labute approximate surface area is 53.8 Å². The largest absolute Gasteiger partial charge is 0.450 e. The molecule has 0 aromatic heterocycles. The van der Waals surface area contributed by atoms with Gasteiger partial charge in [0.1, 0.15) is 0 Å². The van der Waals surface area contributed by atoms with Crippen LogP contribution in [0.15, 0.2) is 0 Å². The molecule has 10 heavy (non-hydrogen) atoms. The van der Waals surface area contributed by atoms with Crippen molar-refractivity contribution in [2.75, 3.05) is 6.67 Å². The van der Waals surface area contributed by atoms with E-state index in [1.165, 1.54) is 6.92 Å². The predicted molar refractivity (Wildman–Crippen MR) is 23.7 cm³/mol. The smallest absolute Gasteiger partial charge is 0.251 e. The maximum atomic E-state index is 10.4. The molecule has 64 valence electrons. The van der Waals surface area contributed by atoms with Crippen molar-refractivity contribution in [3.05, 3.63) is 0 Å². The van der Waals surface area contributed by atoms with Crippen LogP contribution in [-0.4, -0.2) is 19.3 Å². The molecule has 0 saturated heterocycles. The minimum absolute atomic E-state index is 0.250. The molecule has 0 aliphatic carbocycles. The molecular formula is C4H6F6. The molecule has 0 amide bonds. The summed E-state index contributed by atoms with van der Waals surface area (Å²) < 4.78 is 62.4. The number of halogens is 6. The van der Waals surface area contributed by atoms with Gasteiger partial charge >= 0.3 is 12.6 Å². The first-order chi connectivity index (χ1) is 4.36. The highest BCUT2D eigenvalue weighted by molar-refractivity contribution is 4.48. The van der Waals surface area contributed by atoms with Crippen LogP contribution in [0.25, 0.3) is 0 Å². The molecule has 0 aromatic rings. The molecule has 0 bridgehead atoms. The molecular weight excluding hydrogens is 162 g/mol. The van der Waals surface area contributed by atoms with Crippen LogP contribution in [0, 0.1) is 0 Å². The van der Waals surface area contributed by atoms with E-state index in [4.69, 9.17) is 0 Å². The van der Waals surface area contributed by atoms with Crippen molar-refractivity contribution in [1.82, 2.24) is 0 Å². The van der Waals surface area contributed by atoms with E-state index in [0.717, 1.165) is 0 Å². The highest BCUT2D eigenvalue weighted by Gasteiger charge is 2.40. The Morgan fingerprint density at radius 2 is 1.30 bits per heavy atom. The van der Waals surface area contributed by atoms with Gasteiger partial charge in [-0.2, -0.15) is 13.2 Å². The Balaban J connectivity index is 0. The summed E-state index contributed by atoms with van der Waals surface area (Å²) in [5, 5.41) is 0. The van der Waals surface area contributed by atoms with Gasteiger partial charge in [-0.15, -0.1) is 0 Å². The van der Waals surface area contributed by atoms with Gasteiger partial charge in [-0.3, -0.25) is 4.39 Å². The number of rotatable bonds is 0. The minimum atomic E-state index is -5.33. The fourth-order valence-electron chi connectivity index (χ4n) is 0. The van der Waals surface area contributed by atoms with Crippen LogP contribution in [-0.2, 0) is 0 Å². The Hall–Kier alpha value is -0.420. The highest BCUT2D eigenvalue weighted by atomic mass is 19.4.